The van der Waals surface area contributed by atoms with E-state index in [0.717, 1.165) is 60.0 Å². The molecule has 0 spiro atoms. The van der Waals surface area contributed by atoms with Crippen LogP contribution in [-0.4, -0.2) is 113 Å². The van der Waals surface area contributed by atoms with Gasteiger partial charge in [-0.25, -0.2) is 0 Å². The van der Waals surface area contributed by atoms with E-state index in [9.17, 15) is 0 Å². The Morgan fingerprint density at radius 2 is 0.310 bits per heavy atom. The Labute approximate surface area is 252 Å². The van der Waals surface area contributed by atoms with Crippen molar-refractivity contribution in [3.63, 3.8) is 0 Å². The predicted molar refractivity (Wildman–Crippen MR) is 84.6 cm³/mol. The molecule has 0 aliphatic carbocycles. The van der Waals surface area contributed by atoms with Crippen LogP contribution in [0.1, 0.15) is 0 Å². The topological polar surface area (TPSA) is 285 Å². The maximum Gasteiger partial charge on any atom is 2.00 e. The Morgan fingerprint density at radius 3 is 0.310 bits per heavy atom. The third kappa shape index (κ3) is 4.72. The van der Waals surface area contributed by atoms with Crippen molar-refractivity contribution in [2.75, 3.05) is 0 Å². The van der Waals surface area contributed by atoms with Crippen LogP contribution in [0, 0.1) is 123 Å². The van der Waals surface area contributed by atoms with Gasteiger partial charge in [0.1, 0.15) is 0 Å². The zero-order chi connectivity index (χ0) is 21.3. The average Bonchev–Trinajstić information content (AvgIpc) is 2.77. The summed E-state index contributed by atoms with van der Waals surface area (Å²) in [4.78, 5) is 0. The fraction of sp³-hybridized carbons (Fsp3) is 0. The molecule has 132 valence electrons. The summed E-state index contributed by atoms with van der Waals surface area (Å²) in [5.74, 6) is 0. The zero-order valence-corrected chi connectivity index (χ0v) is 22.9. The summed E-state index contributed by atoms with van der Waals surface area (Å²) >= 11 is 0. The van der Waals surface area contributed by atoms with Gasteiger partial charge in [-0.2, -0.15) is 0 Å². The van der Waals surface area contributed by atoms with E-state index < -0.39 is 21.1 Å². The van der Waals surface area contributed by atoms with Gasteiger partial charge >= 0.3 is 257 Å². The Morgan fingerprint density at radius 1 is 0.241 bits per heavy atom. The van der Waals surface area contributed by atoms with Crippen LogP contribution < -0.4 is 0 Å². The van der Waals surface area contributed by atoms with Gasteiger partial charge in [0, 0.05) is 0 Å². The van der Waals surface area contributed by atoms with E-state index in [0.29, 0.717) is 0 Å². The molecular weight excluding hydrogens is 550 g/mol. The van der Waals surface area contributed by atoms with Crippen molar-refractivity contribution < 1.29 is 21.1 Å². The van der Waals surface area contributed by atoms with Gasteiger partial charge in [0.25, 0.3) is 0 Å². The Balaban J connectivity index is -0.000000120. The second-order valence-corrected chi connectivity index (χ2v) is 14.0. The maximum absolute atomic E-state index is 8.58. The molecule has 0 aromatic heterocycles. The van der Waals surface area contributed by atoms with Gasteiger partial charge in [-0.15, -0.1) is 0 Å². The number of rotatable bonds is 0. The van der Waals surface area contributed by atoms with E-state index in [2.05, 4.69) is 0 Å². The van der Waals surface area contributed by atoms with E-state index in [-0.39, 0.29) is 113 Å². The first kappa shape index (κ1) is 38.3. The van der Waals surface area contributed by atoms with E-state index in [1.165, 1.54) is 0 Å². The van der Waals surface area contributed by atoms with Gasteiger partial charge in [0.05, 0.1) is 0 Å². The quantitative estimate of drug-likeness (QED) is 0.330. The number of nitriles is 12. The van der Waals surface area contributed by atoms with Crippen molar-refractivity contribution in [1.82, 2.24) is 0 Å². The van der Waals surface area contributed by atoms with Crippen LogP contribution in [0.5, 0.6) is 0 Å². The summed E-state index contributed by atoms with van der Waals surface area (Å²) in [6.07, 6.45) is 0. The predicted octanol–water partition coefficient (Wildman–Crippen LogP) is -0.946. The average molecular weight is 550 g/mol. The standard InChI is InChI=1S/12CN.3Ca.2Co/c12*1-2;;;;;/q;;;;;;;;;;;;3*+2;2*-3. The van der Waals surface area contributed by atoms with Crippen LogP contribution in [0.25, 0.3) is 0 Å². The van der Waals surface area contributed by atoms with Crippen molar-refractivity contribution in [2.45, 2.75) is 0 Å². The summed E-state index contributed by atoms with van der Waals surface area (Å²) in [5, 5.41) is 115. The van der Waals surface area contributed by atoms with Crippen LogP contribution in [0.2, 0.25) is 0 Å². The van der Waals surface area contributed by atoms with Crippen molar-refractivity contribution >= 4 is 113 Å². The first-order chi connectivity index (χ1) is 11.9. The minimum Gasteiger partial charge on any atom is 2.00 e. The molecule has 0 aromatic rings. The van der Waals surface area contributed by atoms with Crippen molar-refractivity contribution in [1.29, 1.82) is 63.1 Å². The summed E-state index contributed by atoms with van der Waals surface area (Å²) < 4.78 is 0. The molecule has 0 fully saturated rings. The number of nitrogens with zero attached hydrogens (tertiary/aromatic N) is 12. The van der Waals surface area contributed by atoms with Gasteiger partial charge in [0.2, 0.25) is 0 Å². The molecule has 0 aliphatic rings. The molecule has 0 saturated heterocycles. The molecule has 0 N–H and O–H groups in total. The summed E-state index contributed by atoms with van der Waals surface area (Å²) in [5.41, 5.74) is 0. The fourth-order valence-electron chi connectivity index (χ4n) is 0.500. The number of hydrogen-bond acceptors (Lipinski definition) is 12. The van der Waals surface area contributed by atoms with Crippen LogP contribution in [0.3, 0.4) is 0 Å². The minimum atomic E-state index is -6.03. The third-order valence-electron chi connectivity index (χ3n) is 2.24. The molecule has 17 heteroatoms. The van der Waals surface area contributed by atoms with Crippen LogP contribution in [0.4, 0.5) is 0 Å². The molecule has 0 rings (SSSR count). The third-order valence-corrected chi connectivity index (χ3v) is 9.22. The Kier molecular flexibility index (Phi) is 14.0. The van der Waals surface area contributed by atoms with Crippen LogP contribution >= 0.6 is 0 Å². The molecule has 0 aromatic carbocycles. The molecule has 0 bridgehead atoms. The maximum atomic E-state index is 8.58. The first-order valence-corrected chi connectivity index (χ1v) is 10.9. The largest absolute Gasteiger partial charge is 2.00 e. The molecule has 29 heavy (non-hydrogen) atoms. The van der Waals surface area contributed by atoms with Gasteiger partial charge in [0.15, 0.2) is 0 Å². The molecule has 12 nitrogen and oxygen atoms in total. The molecular formula is C12Ca3Co2N12. The number of hydrogen-bond donors (Lipinski definition) is 0. The van der Waals surface area contributed by atoms with Crippen molar-refractivity contribution in [3.05, 3.63) is 0 Å². The Hall–Kier alpha value is -1.33. The van der Waals surface area contributed by atoms with E-state index in [1.807, 2.05) is 0 Å². The normalized spacial score (nSPS) is 12.0. The molecule has 0 atom stereocenters. The van der Waals surface area contributed by atoms with Gasteiger partial charge in [-0.3, -0.25) is 0 Å². The zero-order valence-electron chi connectivity index (χ0n) is 14.2. The molecule has 0 saturated carbocycles. The van der Waals surface area contributed by atoms with E-state index in [4.69, 9.17) is 63.1 Å². The fourth-order valence-corrected chi connectivity index (χ4v) is 2.06. The van der Waals surface area contributed by atoms with E-state index >= 15 is 0 Å². The van der Waals surface area contributed by atoms with Gasteiger partial charge in [-0.1, -0.05) is 0 Å². The molecule has 0 heterocycles. The molecule has 0 aliphatic heterocycles. The van der Waals surface area contributed by atoms with Crippen molar-refractivity contribution in [3.8, 4) is 60.0 Å². The van der Waals surface area contributed by atoms with Gasteiger partial charge < -0.3 is 0 Å². The summed E-state index contributed by atoms with van der Waals surface area (Å²) in [7, 11) is -12.1. The molecule has 0 radical (unpaired) electrons. The Bertz CT molecular complexity index is 890. The monoisotopic (exact) mass is 550 g/mol. The summed E-state index contributed by atoms with van der Waals surface area (Å²) in [6.45, 7) is 0. The molecule has 0 unspecified atom stereocenters. The SMILES string of the molecule is N#[C][Co-3]([C]#N)([C]#N)([C]#N)([C]#N)[C]#N.N#[C][Co-3]([C]#N)([C]#N)([C]#N)([C]#N)[C]#N.[Ca+2].[Ca+2].[Ca+2]. The smallest absolute Gasteiger partial charge is 2.00 e. The summed E-state index contributed by atoms with van der Waals surface area (Å²) in [6, 6.07) is 0. The van der Waals surface area contributed by atoms with Crippen LogP contribution in [-0.2, 0) is 21.1 Å². The molecule has 0 amide bonds. The second kappa shape index (κ2) is 10.6. The van der Waals surface area contributed by atoms with Crippen molar-refractivity contribution in [2.24, 2.45) is 0 Å². The minimum absolute atomic E-state index is 0. The van der Waals surface area contributed by atoms with E-state index in [1.54, 1.807) is 0 Å². The van der Waals surface area contributed by atoms with Gasteiger partial charge in [-0.05, 0) is 0 Å². The second-order valence-electron chi connectivity index (χ2n) is 3.39. The van der Waals surface area contributed by atoms with Crippen LogP contribution in [0.15, 0.2) is 0 Å². The first-order valence-electron chi connectivity index (χ1n) is 4.68.